The van der Waals surface area contributed by atoms with Crippen LogP contribution in [0, 0.1) is 0 Å². The average molecular weight is 248 g/mol. The molecule has 92 valence electrons. The largest absolute Gasteiger partial charge is 0.478 e. The van der Waals surface area contributed by atoms with E-state index in [1.807, 2.05) is 10.6 Å². The van der Waals surface area contributed by atoms with Crippen molar-refractivity contribution < 1.29 is 24.3 Å². The van der Waals surface area contributed by atoms with Crippen LogP contribution in [0.25, 0.3) is 0 Å². The third kappa shape index (κ3) is 2.05. The van der Waals surface area contributed by atoms with E-state index in [1.54, 1.807) is 0 Å². The van der Waals surface area contributed by atoms with E-state index in [0.29, 0.717) is 5.56 Å². The highest BCUT2D eigenvalue weighted by Gasteiger charge is 2.35. The van der Waals surface area contributed by atoms with Crippen LogP contribution in [0.5, 0.6) is 0 Å². The normalized spacial score (nSPS) is 16.1. The van der Waals surface area contributed by atoms with Gasteiger partial charge in [-0.05, 0) is 17.7 Å². The number of carboxylic acids is 1. The van der Waals surface area contributed by atoms with Crippen LogP contribution < -0.4 is 10.6 Å². The van der Waals surface area contributed by atoms with Gasteiger partial charge in [-0.3, -0.25) is 20.2 Å². The Labute approximate surface area is 101 Å². The molecule has 4 amide bonds. The van der Waals surface area contributed by atoms with Crippen molar-refractivity contribution in [1.29, 1.82) is 0 Å². The Morgan fingerprint density at radius 1 is 1.00 bits per heavy atom. The number of urea groups is 1. The van der Waals surface area contributed by atoms with Crippen molar-refractivity contribution in [3.8, 4) is 0 Å². The van der Waals surface area contributed by atoms with Crippen molar-refractivity contribution in [2.24, 2.45) is 0 Å². The standard InChI is InChI=1S/C11H8N2O5/c14-8-7(9(15)13-11(18)12-8)5-1-3-6(4-2-5)10(16)17/h1-4,7H,(H,16,17)(H2,12,13,14,15,18). The molecule has 1 aromatic carbocycles. The third-order valence-electron chi connectivity index (χ3n) is 2.49. The number of amides is 4. The summed E-state index contributed by atoms with van der Waals surface area (Å²) < 4.78 is 0. The second-order valence-corrected chi connectivity index (χ2v) is 3.67. The van der Waals surface area contributed by atoms with Gasteiger partial charge in [-0.15, -0.1) is 0 Å². The van der Waals surface area contributed by atoms with Crippen molar-refractivity contribution in [2.45, 2.75) is 5.92 Å². The van der Waals surface area contributed by atoms with Gasteiger partial charge in [0.1, 0.15) is 5.92 Å². The van der Waals surface area contributed by atoms with Gasteiger partial charge in [0.05, 0.1) is 5.56 Å². The zero-order valence-corrected chi connectivity index (χ0v) is 8.97. The maximum Gasteiger partial charge on any atom is 0.335 e. The van der Waals surface area contributed by atoms with Crippen LogP contribution in [-0.4, -0.2) is 28.9 Å². The lowest BCUT2D eigenvalue weighted by Crippen LogP contribution is -2.54. The number of barbiturate groups is 1. The lowest BCUT2D eigenvalue weighted by molar-refractivity contribution is -0.132. The number of imide groups is 2. The number of carboxylic acid groups (broad SMARTS) is 1. The minimum absolute atomic E-state index is 0.0476. The fourth-order valence-corrected chi connectivity index (χ4v) is 1.64. The molecule has 1 saturated heterocycles. The van der Waals surface area contributed by atoms with E-state index in [4.69, 9.17) is 5.11 Å². The molecule has 0 atom stereocenters. The van der Waals surface area contributed by atoms with Crippen LogP contribution in [0.1, 0.15) is 21.8 Å². The Morgan fingerprint density at radius 3 is 1.94 bits per heavy atom. The highest BCUT2D eigenvalue weighted by Crippen LogP contribution is 2.19. The first-order chi connectivity index (χ1) is 8.49. The minimum Gasteiger partial charge on any atom is -0.478 e. The minimum atomic E-state index is -1.15. The molecule has 1 aliphatic rings. The molecule has 1 aliphatic heterocycles. The van der Waals surface area contributed by atoms with Crippen molar-refractivity contribution in [1.82, 2.24) is 10.6 Å². The van der Waals surface area contributed by atoms with Gasteiger partial charge in [-0.1, -0.05) is 12.1 Å². The topological polar surface area (TPSA) is 113 Å². The molecule has 2 rings (SSSR count). The van der Waals surface area contributed by atoms with Crippen LogP contribution in [0.3, 0.4) is 0 Å². The molecule has 0 unspecified atom stereocenters. The van der Waals surface area contributed by atoms with E-state index in [-0.39, 0.29) is 5.56 Å². The summed E-state index contributed by atoms with van der Waals surface area (Å²) in [4.78, 5) is 44.6. The molecule has 1 heterocycles. The van der Waals surface area contributed by atoms with Gasteiger partial charge >= 0.3 is 12.0 Å². The second-order valence-electron chi connectivity index (χ2n) is 3.67. The lowest BCUT2D eigenvalue weighted by atomic mass is 9.95. The summed E-state index contributed by atoms with van der Waals surface area (Å²) in [6, 6.07) is 4.44. The van der Waals surface area contributed by atoms with Crippen molar-refractivity contribution in [3.05, 3.63) is 35.4 Å². The quantitative estimate of drug-likeness (QED) is 0.629. The molecule has 18 heavy (non-hydrogen) atoms. The van der Waals surface area contributed by atoms with E-state index in [0.717, 1.165) is 0 Å². The summed E-state index contributed by atoms with van der Waals surface area (Å²) in [5.74, 6) is -3.71. The third-order valence-corrected chi connectivity index (χ3v) is 2.49. The molecule has 0 spiro atoms. The molecule has 7 heteroatoms. The van der Waals surface area contributed by atoms with E-state index in [2.05, 4.69) is 0 Å². The first-order valence-electron chi connectivity index (χ1n) is 4.98. The van der Waals surface area contributed by atoms with Gasteiger partial charge in [0.15, 0.2) is 0 Å². The van der Waals surface area contributed by atoms with Gasteiger partial charge in [-0.25, -0.2) is 9.59 Å². The fraction of sp³-hybridized carbons (Fsp3) is 0.0909. The summed E-state index contributed by atoms with van der Waals surface area (Å²) in [6.45, 7) is 0. The number of benzene rings is 1. The first-order valence-corrected chi connectivity index (χ1v) is 4.98. The molecule has 0 aromatic heterocycles. The maximum absolute atomic E-state index is 11.5. The van der Waals surface area contributed by atoms with E-state index < -0.39 is 29.7 Å². The molecule has 1 fully saturated rings. The Balaban J connectivity index is 2.30. The molecular formula is C11H8N2O5. The number of rotatable bonds is 2. The summed E-state index contributed by atoms with van der Waals surface area (Å²) in [6.07, 6.45) is 0. The van der Waals surface area contributed by atoms with Crippen molar-refractivity contribution >= 4 is 23.8 Å². The van der Waals surface area contributed by atoms with Gasteiger partial charge in [0.25, 0.3) is 0 Å². The molecule has 0 aliphatic carbocycles. The molecule has 7 nitrogen and oxygen atoms in total. The highest BCUT2D eigenvalue weighted by atomic mass is 16.4. The van der Waals surface area contributed by atoms with Crippen LogP contribution in [0.2, 0.25) is 0 Å². The van der Waals surface area contributed by atoms with Crippen LogP contribution in [0.4, 0.5) is 4.79 Å². The number of hydrogen-bond acceptors (Lipinski definition) is 4. The van der Waals surface area contributed by atoms with E-state index in [9.17, 15) is 19.2 Å². The molecule has 1 aromatic rings. The Morgan fingerprint density at radius 2 is 1.50 bits per heavy atom. The Hall–Kier alpha value is -2.70. The van der Waals surface area contributed by atoms with Crippen LogP contribution in [-0.2, 0) is 9.59 Å². The zero-order valence-electron chi connectivity index (χ0n) is 8.97. The smallest absolute Gasteiger partial charge is 0.335 e. The zero-order chi connectivity index (χ0) is 13.3. The predicted octanol–water partition coefficient (Wildman–Crippen LogP) is -0.166. The summed E-state index contributed by atoms with van der Waals surface area (Å²) in [7, 11) is 0. The number of nitrogens with one attached hydrogen (secondary N) is 2. The average Bonchev–Trinajstić information content (AvgIpc) is 2.28. The summed E-state index contributed by atoms with van der Waals surface area (Å²) in [5.41, 5.74) is 0.369. The monoisotopic (exact) mass is 248 g/mol. The number of carbonyl (C=O) groups is 4. The number of aromatic carboxylic acids is 1. The van der Waals surface area contributed by atoms with E-state index in [1.165, 1.54) is 24.3 Å². The Kier molecular flexibility index (Phi) is 2.80. The van der Waals surface area contributed by atoms with Crippen LogP contribution in [0.15, 0.2) is 24.3 Å². The second kappa shape index (κ2) is 4.28. The molecule has 0 bridgehead atoms. The van der Waals surface area contributed by atoms with Crippen molar-refractivity contribution in [2.75, 3.05) is 0 Å². The predicted molar refractivity (Wildman–Crippen MR) is 57.8 cm³/mol. The molecule has 0 radical (unpaired) electrons. The lowest BCUT2D eigenvalue weighted by Gasteiger charge is -2.20. The van der Waals surface area contributed by atoms with Gasteiger partial charge in [0, 0.05) is 0 Å². The summed E-state index contributed by atoms with van der Waals surface area (Å²) in [5, 5.41) is 12.7. The van der Waals surface area contributed by atoms with Crippen LogP contribution >= 0.6 is 0 Å². The molecular weight excluding hydrogens is 240 g/mol. The van der Waals surface area contributed by atoms with Gasteiger partial charge in [-0.2, -0.15) is 0 Å². The van der Waals surface area contributed by atoms with E-state index >= 15 is 0 Å². The van der Waals surface area contributed by atoms with Crippen molar-refractivity contribution in [3.63, 3.8) is 0 Å². The maximum atomic E-state index is 11.5. The first kappa shape index (κ1) is 11.8. The SMILES string of the molecule is O=C1NC(=O)C(c2ccc(C(=O)O)cc2)C(=O)N1. The molecule has 3 N–H and O–H groups in total. The van der Waals surface area contributed by atoms with Gasteiger partial charge < -0.3 is 5.11 Å². The molecule has 0 saturated carbocycles. The number of hydrogen-bond donors (Lipinski definition) is 3. The fourth-order valence-electron chi connectivity index (χ4n) is 1.64. The van der Waals surface area contributed by atoms with Gasteiger partial charge in [0.2, 0.25) is 11.8 Å². The number of carbonyl (C=O) groups excluding carboxylic acids is 3. The summed E-state index contributed by atoms with van der Waals surface area (Å²) >= 11 is 0. The Bertz CT molecular complexity index is 529. The highest BCUT2D eigenvalue weighted by molar-refractivity contribution is 6.19.